The number of rotatable bonds is 4. The zero-order valence-electron chi connectivity index (χ0n) is 10.3. The predicted octanol–water partition coefficient (Wildman–Crippen LogP) is 2.89. The second kappa shape index (κ2) is 6.34. The Morgan fingerprint density at radius 2 is 1.89 bits per heavy atom. The van der Waals surface area contributed by atoms with E-state index in [-0.39, 0.29) is 5.91 Å². The Morgan fingerprint density at radius 1 is 1.28 bits per heavy atom. The molecule has 0 spiro atoms. The van der Waals surface area contributed by atoms with Crippen molar-refractivity contribution in [1.29, 1.82) is 0 Å². The predicted molar refractivity (Wildman–Crippen MR) is 74.1 cm³/mol. The first-order valence-corrected chi connectivity index (χ1v) is 7.17. The standard InChI is InChI=1S/C14H18BrNO2/c15-12-5-3-11(4-6-12)13(17)7-8-14(18)16-9-1-2-10-16/h3-6,13,17H,1-2,7-10H2. The molecule has 18 heavy (non-hydrogen) atoms. The highest BCUT2D eigenvalue weighted by Crippen LogP contribution is 2.21. The van der Waals surface area contributed by atoms with E-state index in [1.807, 2.05) is 29.2 Å². The zero-order valence-corrected chi connectivity index (χ0v) is 11.9. The maximum Gasteiger partial charge on any atom is 0.222 e. The maximum atomic E-state index is 11.8. The lowest BCUT2D eigenvalue weighted by atomic mass is 10.0. The fraction of sp³-hybridized carbons (Fsp3) is 0.500. The van der Waals surface area contributed by atoms with E-state index in [0.717, 1.165) is 36.0 Å². The molecule has 1 aromatic carbocycles. The van der Waals surface area contributed by atoms with Crippen LogP contribution >= 0.6 is 15.9 Å². The van der Waals surface area contributed by atoms with Gasteiger partial charge in [-0.1, -0.05) is 28.1 Å². The lowest BCUT2D eigenvalue weighted by Crippen LogP contribution is -2.27. The highest BCUT2D eigenvalue weighted by Gasteiger charge is 2.19. The number of nitrogens with zero attached hydrogens (tertiary/aromatic N) is 1. The Labute approximate surface area is 116 Å². The van der Waals surface area contributed by atoms with E-state index in [1.54, 1.807) is 0 Å². The van der Waals surface area contributed by atoms with Crippen LogP contribution in [0.1, 0.15) is 37.4 Å². The topological polar surface area (TPSA) is 40.5 Å². The zero-order chi connectivity index (χ0) is 13.0. The third-order valence-electron chi connectivity index (χ3n) is 3.35. The van der Waals surface area contributed by atoms with E-state index < -0.39 is 6.10 Å². The monoisotopic (exact) mass is 311 g/mol. The number of hydrogen-bond acceptors (Lipinski definition) is 2. The fourth-order valence-corrected chi connectivity index (χ4v) is 2.50. The first kappa shape index (κ1) is 13.6. The number of halogens is 1. The molecule has 0 saturated carbocycles. The molecule has 0 radical (unpaired) electrons. The Kier molecular flexibility index (Phi) is 4.78. The first-order chi connectivity index (χ1) is 8.66. The summed E-state index contributed by atoms with van der Waals surface area (Å²) in [6, 6.07) is 7.58. The molecule has 1 atom stereocenters. The lowest BCUT2D eigenvalue weighted by molar-refractivity contribution is -0.130. The van der Waals surface area contributed by atoms with Gasteiger partial charge in [-0.15, -0.1) is 0 Å². The van der Waals surface area contributed by atoms with Crippen molar-refractivity contribution >= 4 is 21.8 Å². The van der Waals surface area contributed by atoms with E-state index in [1.165, 1.54) is 0 Å². The van der Waals surface area contributed by atoms with Crippen molar-refractivity contribution < 1.29 is 9.90 Å². The second-order valence-electron chi connectivity index (χ2n) is 4.69. The number of benzene rings is 1. The van der Waals surface area contributed by atoms with Crippen LogP contribution in [0.15, 0.2) is 28.7 Å². The molecule has 2 rings (SSSR count). The molecule has 1 saturated heterocycles. The molecule has 0 aromatic heterocycles. The summed E-state index contributed by atoms with van der Waals surface area (Å²) >= 11 is 3.36. The van der Waals surface area contributed by atoms with Gasteiger partial charge < -0.3 is 10.0 Å². The average Bonchev–Trinajstić information content (AvgIpc) is 2.90. The first-order valence-electron chi connectivity index (χ1n) is 6.38. The van der Waals surface area contributed by atoms with Crippen molar-refractivity contribution in [1.82, 2.24) is 4.90 Å². The van der Waals surface area contributed by atoms with Gasteiger partial charge >= 0.3 is 0 Å². The summed E-state index contributed by atoms with van der Waals surface area (Å²) < 4.78 is 0.992. The molecule has 1 amide bonds. The van der Waals surface area contributed by atoms with Crippen LogP contribution in [-0.4, -0.2) is 29.0 Å². The number of hydrogen-bond donors (Lipinski definition) is 1. The molecule has 1 aliphatic heterocycles. The van der Waals surface area contributed by atoms with Crippen molar-refractivity contribution in [2.45, 2.75) is 31.8 Å². The highest BCUT2D eigenvalue weighted by atomic mass is 79.9. The number of carbonyl (C=O) groups excluding carboxylic acids is 1. The maximum absolute atomic E-state index is 11.8. The number of amides is 1. The van der Waals surface area contributed by atoms with Crippen LogP contribution in [0.4, 0.5) is 0 Å². The summed E-state index contributed by atoms with van der Waals surface area (Å²) in [5.41, 5.74) is 0.868. The Balaban J connectivity index is 1.82. The van der Waals surface area contributed by atoms with Crippen molar-refractivity contribution in [2.75, 3.05) is 13.1 Å². The van der Waals surface area contributed by atoms with Crippen LogP contribution in [-0.2, 0) is 4.79 Å². The van der Waals surface area contributed by atoms with Crippen molar-refractivity contribution in [3.8, 4) is 0 Å². The molecule has 0 aliphatic carbocycles. The van der Waals surface area contributed by atoms with Gasteiger partial charge in [-0.3, -0.25) is 4.79 Å². The lowest BCUT2D eigenvalue weighted by Gasteiger charge is -2.16. The molecular formula is C14H18BrNO2. The minimum absolute atomic E-state index is 0.170. The van der Waals surface area contributed by atoms with Crippen molar-refractivity contribution in [2.24, 2.45) is 0 Å². The molecular weight excluding hydrogens is 294 g/mol. The van der Waals surface area contributed by atoms with Gasteiger partial charge in [-0.05, 0) is 37.0 Å². The van der Waals surface area contributed by atoms with E-state index in [4.69, 9.17) is 0 Å². The SMILES string of the molecule is O=C(CCC(O)c1ccc(Br)cc1)N1CCCC1. The molecule has 4 heteroatoms. The Morgan fingerprint density at radius 3 is 2.50 bits per heavy atom. The largest absolute Gasteiger partial charge is 0.388 e. The number of likely N-dealkylation sites (tertiary alicyclic amines) is 1. The second-order valence-corrected chi connectivity index (χ2v) is 5.61. The molecule has 98 valence electrons. The summed E-state index contributed by atoms with van der Waals surface area (Å²) in [4.78, 5) is 13.7. The van der Waals surface area contributed by atoms with Crippen LogP contribution in [0, 0.1) is 0 Å². The molecule has 1 fully saturated rings. The number of carbonyl (C=O) groups is 1. The van der Waals surface area contributed by atoms with Crippen LogP contribution in [0.2, 0.25) is 0 Å². The molecule has 3 nitrogen and oxygen atoms in total. The Bertz CT molecular complexity index is 399. The summed E-state index contributed by atoms with van der Waals surface area (Å²) in [7, 11) is 0. The van der Waals surface area contributed by atoms with Crippen LogP contribution in [0.5, 0.6) is 0 Å². The third-order valence-corrected chi connectivity index (χ3v) is 3.87. The van der Waals surface area contributed by atoms with Gasteiger partial charge in [0.25, 0.3) is 0 Å². The third kappa shape index (κ3) is 3.56. The van der Waals surface area contributed by atoms with Gasteiger partial charge in [0.2, 0.25) is 5.91 Å². The van der Waals surface area contributed by atoms with Crippen molar-refractivity contribution in [3.63, 3.8) is 0 Å². The normalized spacial score (nSPS) is 16.9. The average molecular weight is 312 g/mol. The molecule has 1 N–H and O–H groups in total. The van der Waals surface area contributed by atoms with E-state index in [2.05, 4.69) is 15.9 Å². The summed E-state index contributed by atoms with van der Waals surface area (Å²) in [6.07, 6.45) is 2.60. The van der Waals surface area contributed by atoms with Gasteiger partial charge in [-0.2, -0.15) is 0 Å². The highest BCUT2D eigenvalue weighted by molar-refractivity contribution is 9.10. The summed E-state index contributed by atoms with van der Waals surface area (Å²) in [5, 5.41) is 10.0. The summed E-state index contributed by atoms with van der Waals surface area (Å²) in [5.74, 6) is 0.170. The molecule has 1 heterocycles. The van der Waals surface area contributed by atoms with E-state index >= 15 is 0 Å². The fourth-order valence-electron chi connectivity index (χ4n) is 2.24. The molecule has 1 unspecified atom stereocenters. The van der Waals surface area contributed by atoms with Gasteiger partial charge in [0.05, 0.1) is 6.10 Å². The molecule has 1 aliphatic rings. The van der Waals surface area contributed by atoms with Gasteiger partial charge in [0.15, 0.2) is 0 Å². The Hall–Kier alpha value is -0.870. The minimum Gasteiger partial charge on any atom is -0.388 e. The number of aliphatic hydroxyl groups excluding tert-OH is 1. The van der Waals surface area contributed by atoms with Gasteiger partial charge in [0, 0.05) is 24.0 Å². The summed E-state index contributed by atoms with van der Waals surface area (Å²) in [6.45, 7) is 1.76. The van der Waals surface area contributed by atoms with Crippen LogP contribution < -0.4 is 0 Å². The van der Waals surface area contributed by atoms with Gasteiger partial charge in [-0.25, -0.2) is 0 Å². The van der Waals surface area contributed by atoms with Crippen molar-refractivity contribution in [3.05, 3.63) is 34.3 Å². The van der Waals surface area contributed by atoms with Gasteiger partial charge in [0.1, 0.15) is 0 Å². The molecule has 1 aromatic rings. The minimum atomic E-state index is -0.551. The van der Waals surface area contributed by atoms with E-state index in [9.17, 15) is 9.90 Å². The number of aliphatic hydroxyl groups is 1. The molecule has 0 bridgehead atoms. The van der Waals surface area contributed by atoms with Crippen LogP contribution in [0.25, 0.3) is 0 Å². The van der Waals surface area contributed by atoms with E-state index in [0.29, 0.717) is 12.8 Å². The quantitative estimate of drug-likeness (QED) is 0.929. The smallest absolute Gasteiger partial charge is 0.222 e. The van der Waals surface area contributed by atoms with Crippen LogP contribution in [0.3, 0.4) is 0 Å².